The molecule has 2 aliphatic rings. The van der Waals surface area contributed by atoms with E-state index in [0.29, 0.717) is 16.5 Å². The first-order valence-corrected chi connectivity index (χ1v) is 7.86. The Bertz CT molecular complexity index is 549. The van der Waals surface area contributed by atoms with E-state index in [2.05, 4.69) is 5.32 Å². The Hall–Kier alpha value is -1.55. The van der Waals surface area contributed by atoms with Crippen LogP contribution in [-0.4, -0.2) is 35.8 Å². The molecule has 1 N–H and O–H groups in total. The van der Waals surface area contributed by atoms with Crippen molar-refractivity contribution in [1.82, 2.24) is 10.2 Å². The molecular formula is C16H19ClN2O2. The predicted octanol–water partition coefficient (Wildman–Crippen LogP) is 2.47. The van der Waals surface area contributed by atoms with Crippen molar-refractivity contribution in [2.24, 2.45) is 5.92 Å². The monoisotopic (exact) mass is 306 g/mol. The minimum atomic E-state index is -0.0931. The maximum Gasteiger partial charge on any atom is 0.251 e. The number of amides is 2. The van der Waals surface area contributed by atoms with Crippen LogP contribution in [0.2, 0.25) is 5.02 Å². The Kier molecular flexibility index (Phi) is 4.15. The summed E-state index contributed by atoms with van der Waals surface area (Å²) in [5.41, 5.74) is 0.582. The molecule has 5 heteroatoms. The van der Waals surface area contributed by atoms with Crippen LogP contribution in [-0.2, 0) is 4.79 Å². The van der Waals surface area contributed by atoms with Crippen LogP contribution in [0.3, 0.4) is 0 Å². The number of carbonyl (C=O) groups is 2. The van der Waals surface area contributed by atoms with E-state index in [4.69, 9.17) is 11.6 Å². The minimum absolute atomic E-state index is 0.0931. The highest BCUT2D eigenvalue weighted by molar-refractivity contribution is 6.30. The van der Waals surface area contributed by atoms with Gasteiger partial charge in [-0.1, -0.05) is 17.7 Å². The van der Waals surface area contributed by atoms with Gasteiger partial charge in [-0.15, -0.1) is 0 Å². The Morgan fingerprint density at radius 2 is 1.86 bits per heavy atom. The SMILES string of the molecule is O=C(NC1CCN(C(=O)C2CC2)CC1)c1cccc(Cl)c1. The average Bonchev–Trinajstić information content (AvgIpc) is 3.32. The first-order chi connectivity index (χ1) is 10.1. The van der Waals surface area contributed by atoms with E-state index >= 15 is 0 Å². The lowest BCUT2D eigenvalue weighted by Gasteiger charge is -2.32. The molecule has 2 amide bonds. The highest BCUT2D eigenvalue weighted by Crippen LogP contribution is 2.31. The highest BCUT2D eigenvalue weighted by Gasteiger charge is 2.35. The number of carbonyl (C=O) groups excluding carboxylic acids is 2. The van der Waals surface area contributed by atoms with Crippen molar-refractivity contribution in [3.8, 4) is 0 Å². The Morgan fingerprint density at radius 1 is 1.14 bits per heavy atom. The molecule has 1 aromatic rings. The largest absolute Gasteiger partial charge is 0.349 e. The molecule has 1 heterocycles. The number of hydrogen-bond acceptors (Lipinski definition) is 2. The fourth-order valence-corrected chi connectivity index (χ4v) is 2.92. The van der Waals surface area contributed by atoms with Gasteiger partial charge >= 0.3 is 0 Å². The third-order valence-electron chi connectivity index (χ3n) is 4.16. The molecule has 21 heavy (non-hydrogen) atoms. The highest BCUT2D eigenvalue weighted by atomic mass is 35.5. The minimum Gasteiger partial charge on any atom is -0.349 e. The Balaban J connectivity index is 1.50. The molecule has 4 nitrogen and oxygen atoms in total. The standard InChI is InChI=1S/C16H19ClN2O2/c17-13-3-1-2-12(10-13)15(20)18-14-6-8-19(9-7-14)16(21)11-4-5-11/h1-3,10-11,14H,4-9H2,(H,18,20). The summed E-state index contributed by atoms with van der Waals surface area (Å²) >= 11 is 5.90. The van der Waals surface area contributed by atoms with Crippen LogP contribution in [0, 0.1) is 5.92 Å². The summed E-state index contributed by atoms with van der Waals surface area (Å²) in [6.45, 7) is 1.49. The second-order valence-corrected chi connectivity index (χ2v) is 6.29. The van der Waals surface area contributed by atoms with Crippen LogP contribution in [0.4, 0.5) is 0 Å². The summed E-state index contributed by atoms with van der Waals surface area (Å²) in [6.07, 6.45) is 3.74. The van der Waals surface area contributed by atoms with Crippen LogP contribution in [0.1, 0.15) is 36.0 Å². The molecule has 0 spiro atoms. The second kappa shape index (κ2) is 6.06. The molecule has 0 atom stereocenters. The van der Waals surface area contributed by atoms with Gasteiger partial charge in [-0.05, 0) is 43.9 Å². The third kappa shape index (κ3) is 3.56. The quantitative estimate of drug-likeness (QED) is 0.932. The van der Waals surface area contributed by atoms with Crippen molar-refractivity contribution in [3.63, 3.8) is 0 Å². The zero-order chi connectivity index (χ0) is 14.8. The number of benzene rings is 1. The van der Waals surface area contributed by atoms with E-state index in [1.807, 2.05) is 4.90 Å². The Morgan fingerprint density at radius 3 is 2.48 bits per heavy atom. The van der Waals surface area contributed by atoms with Gasteiger partial charge in [-0.3, -0.25) is 9.59 Å². The maximum absolute atomic E-state index is 12.1. The first kappa shape index (κ1) is 14.4. The van der Waals surface area contributed by atoms with E-state index in [1.165, 1.54) is 0 Å². The number of nitrogens with zero attached hydrogens (tertiary/aromatic N) is 1. The molecular weight excluding hydrogens is 288 g/mol. The molecule has 3 rings (SSSR count). The van der Waals surface area contributed by atoms with E-state index in [0.717, 1.165) is 38.8 Å². The normalized spacial score (nSPS) is 19.4. The molecule has 1 aliphatic heterocycles. The second-order valence-electron chi connectivity index (χ2n) is 5.86. The van der Waals surface area contributed by atoms with Crippen molar-refractivity contribution >= 4 is 23.4 Å². The van der Waals surface area contributed by atoms with E-state index in [-0.39, 0.29) is 17.9 Å². The first-order valence-electron chi connectivity index (χ1n) is 7.49. The zero-order valence-corrected chi connectivity index (χ0v) is 12.6. The molecule has 1 saturated carbocycles. The van der Waals surface area contributed by atoms with Gasteiger partial charge in [-0.25, -0.2) is 0 Å². The zero-order valence-electron chi connectivity index (χ0n) is 11.8. The van der Waals surface area contributed by atoms with E-state index < -0.39 is 0 Å². The van der Waals surface area contributed by atoms with Crippen molar-refractivity contribution in [2.75, 3.05) is 13.1 Å². The van der Waals surface area contributed by atoms with Crippen LogP contribution in [0.15, 0.2) is 24.3 Å². The van der Waals surface area contributed by atoms with Crippen molar-refractivity contribution in [2.45, 2.75) is 31.7 Å². The van der Waals surface area contributed by atoms with Gasteiger partial charge < -0.3 is 10.2 Å². The predicted molar refractivity (Wildman–Crippen MR) is 81.2 cm³/mol. The lowest BCUT2D eigenvalue weighted by Crippen LogP contribution is -2.47. The lowest BCUT2D eigenvalue weighted by atomic mass is 10.0. The summed E-state index contributed by atoms with van der Waals surface area (Å²) in [6, 6.07) is 7.09. The molecule has 0 unspecified atom stereocenters. The van der Waals surface area contributed by atoms with Gasteiger partial charge in [0.15, 0.2) is 0 Å². The molecule has 1 aliphatic carbocycles. The van der Waals surface area contributed by atoms with Gasteiger partial charge in [0.1, 0.15) is 0 Å². The fourth-order valence-electron chi connectivity index (χ4n) is 2.73. The summed E-state index contributed by atoms with van der Waals surface area (Å²) in [4.78, 5) is 26.1. The van der Waals surface area contributed by atoms with Gasteiger partial charge in [0.05, 0.1) is 0 Å². The average molecular weight is 307 g/mol. The molecule has 0 radical (unpaired) electrons. The third-order valence-corrected chi connectivity index (χ3v) is 4.39. The van der Waals surface area contributed by atoms with Gasteiger partial charge in [0.2, 0.25) is 5.91 Å². The number of nitrogens with one attached hydrogen (secondary N) is 1. The number of piperidine rings is 1. The van der Waals surface area contributed by atoms with Gasteiger partial charge in [0.25, 0.3) is 5.91 Å². The molecule has 112 valence electrons. The van der Waals surface area contributed by atoms with Crippen molar-refractivity contribution in [1.29, 1.82) is 0 Å². The van der Waals surface area contributed by atoms with Crippen LogP contribution >= 0.6 is 11.6 Å². The van der Waals surface area contributed by atoms with Crippen LogP contribution in [0.5, 0.6) is 0 Å². The lowest BCUT2D eigenvalue weighted by molar-refractivity contribution is -0.133. The number of likely N-dealkylation sites (tertiary alicyclic amines) is 1. The van der Waals surface area contributed by atoms with E-state index in [1.54, 1.807) is 24.3 Å². The maximum atomic E-state index is 12.1. The molecule has 0 bridgehead atoms. The summed E-state index contributed by atoms with van der Waals surface area (Å²) in [5, 5.41) is 3.59. The Labute approximate surface area is 129 Å². The number of halogens is 1. The van der Waals surface area contributed by atoms with Crippen molar-refractivity contribution in [3.05, 3.63) is 34.9 Å². The topological polar surface area (TPSA) is 49.4 Å². The van der Waals surface area contributed by atoms with Crippen LogP contribution in [0.25, 0.3) is 0 Å². The van der Waals surface area contributed by atoms with Crippen molar-refractivity contribution < 1.29 is 9.59 Å². The van der Waals surface area contributed by atoms with Crippen LogP contribution < -0.4 is 5.32 Å². The summed E-state index contributed by atoms with van der Waals surface area (Å²) in [7, 11) is 0. The van der Waals surface area contributed by atoms with E-state index in [9.17, 15) is 9.59 Å². The molecule has 1 saturated heterocycles. The molecule has 1 aromatic carbocycles. The molecule has 0 aromatic heterocycles. The number of hydrogen-bond donors (Lipinski definition) is 1. The molecule has 2 fully saturated rings. The number of rotatable bonds is 3. The summed E-state index contributed by atoms with van der Waals surface area (Å²) in [5.74, 6) is 0.488. The van der Waals surface area contributed by atoms with Gasteiger partial charge in [-0.2, -0.15) is 0 Å². The summed E-state index contributed by atoms with van der Waals surface area (Å²) < 4.78 is 0. The van der Waals surface area contributed by atoms with Gasteiger partial charge in [0, 0.05) is 35.6 Å². The smallest absolute Gasteiger partial charge is 0.251 e. The fraction of sp³-hybridized carbons (Fsp3) is 0.500.